The molecule has 0 spiro atoms. The number of benzene rings is 2. The summed E-state index contributed by atoms with van der Waals surface area (Å²) < 4.78 is 0. The maximum atomic E-state index is 14.1. The summed E-state index contributed by atoms with van der Waals surface area (Å²) in [6.45, 7) is 1.66. The molecule has 0 aliphatic heterocycles. The van der Waals surface area contributed by atoms with Gasteiger partial charge in [-0.15, -0.1) is 0 Å². The van der Waals surface area contributed by atoms with Crippen LogP contribution in [0.4, 0.5) is 0 Å². The fourth-order valence-electron chi connectivity index (χ4n) is 6.88. The number of aromatic hydroxyl groups is 1. The van der Waals surface area contributed by atoms with E-state index in [9.17, 15) is 44.7 Å². The first-order chi connectivity index (χ1) is 19.7. The lowest BCUT2D eigenvalue weighted by atomic mass is 9.54. The molecular weight excluding hydrogens is 544 g/mol. The van der Waals surface area contributed by atoms with Gasteiger partial charge in [-0.3, -0.25) is 24.1 Å². The van der Waals surface area contributed by atoms with Gasteiger partial charge in [-0.05, 0) is 37.6 Å². The molecule has 1 amide bonds. The van der Waals surface area contributed by atoms with Crippen LogP contribution >= 0.6 is 0 Å². The van der Waals surface area contributed by atoms with Crippen LogP contribution in [0.25, 0.3) is 5.76 Å². The molecule has 0 bridgehead atoms. The third-order valence-electron chi connectivity index (χ3n) is 8.93. The van der Waals surface area contributed by atoms with Crippen LogP contribution < -0.4 is 5.73 Å². The third-order valence-corrected chi connectivity index (χ3v) is 8.93. The van der Waals surface area contributed by atoms with Crippen molar-refractivity contribution in [2.75, 3.05) is 14.1 Å². The zero-order chi connectivity index (χ0) is 30.8. The van der Waals surface area contributed by atoms with Crippen molar-refractivity contribution in [2.45, 2.75) is 43.4 Å². The molecule has 7 N–H and O–H groups in total. The van der Waals surface area contributed by atoms with Crippen LogP contribution in [0.15, 0.2) is 59.4 Å². The molecular formula is C31H32N2O9. The van der Waals surface area contributed by atoms with Crippen molar-refractivity contribution in [3.63, 3.8) is 0 Å². The summed E-state index contributed by atoms with van der Waals surface area (Å²) >= 11 is 0. The molecule has 0 unspecified atom stereocenters. The molecule has 5 rings (SSSR count). The van der Waals surface area contributed by atoms with Crippen molar-refractivity contribution < 1.29 is 44.7 Å². The molecule has 0 heterocycles. The van der Waals surface area contributed by atoms with E-state index < -0.39 is 75.6 Å². The Morgan fingerprint density at radius 1 is 1.02 bits per heavy atom. The van der Waals surface area contributed by atoms with Gasteiger partial charge in [0.1, 0.15) is 22.8 Å². The second-order valence-electron chi connectivity index (χ2n) is 11.4. The molecule has 1 saturated carbocycles. The maximum absolute atomic E-state index is 14.1. The lowest BCUT2D eigenvalue weighted by Crippen LogP contribution is -2.70. The molecule has 11 heteroatoms. The quantitative estimate of drug-likeness (QED) is 0.215. The SMILES string of the molecule is C[C@H]1c2ccc(CCC(=O)c3ccccc3)c(O)c2C(O)=C2C(=O)[C@]3(O)C(O)=C(C(N)=O)C(=O)[C@@H](N(C)C)[C@@H]3[C@@H](O)[C@@H]21. The fraction of sp³-hybridized carbons (Fsp3) is 0.355. The Morgan fingerprint density at radius 3 is 2.26 bits per heavy atom. The highest BCUT2D eigenvalue weighted by molar-refractivity contribution is 6.24. The first kappa shape index (κ1) is 29.2. The van der Waals surface area contributed by atoms with E-state index in [2.05, 4.69) is 0 Å². The zero-order valence-electron chi connectivity index (χ0n) is 23.2. The number of aliphatic hydroxyl groups excluding tert-OH is 3. The summed E-state index contributed by atoms with van der Waals surface area (Å²) in [5.74, 6) is -9.55. The van der Waals surface area contributed by atoms with Gasteiger partial charge in [-0.1, -0.05) is 49.4 Å². The number of Topliss-reactive ketones (excluding diaryl/α,β-unsaturated/α-hetero) is 3. The van der Waals surface area contributed by atoms with E-state index in [1.54, 1.807) is 49.4 Å². The molecule has 0 radical (unpaired) electrons. The Hall–Kier alpha value is -4.32. The number of aryl methyl sites for hydroxylation is 1. The van der Waals surface area contributed by atoms with Gasteiger partial charge in [0, 0.05) is 23.5 Å². The topological polar surface area (TPSA) is 199 Å². The summed E-state index contributed by atoms with van der Waals surface area (Å²) in [5.41, 5.74) is 2.06. The number of nitrogens with two attached hydrogens (primary N) is 1. The molecule has 3 aliphatic carbocycles. The monoisotopic (exact) mass is 576 g/mol. The molecule has 6 atom stereocenters. The van der Waals surface area contributed by atoms with Gasteiger partial charge in [0.2, 0.25) is 5.78 Å². The molecule has 3 aliphatic rings. The van der Waals surface area contributed by atoms with Gasteiger partial charge in [-0.2, -0.15) is 0 Å². The molecule has 42 heavy (non-hydrogen) atoms. The first-order valence-corrected chi connectivity index (χ1v) is 13.5. The van der Waals surface area contributed by atoms with Crippen molar-refractivity contribution in [1.82, 2.24) is 4.90 Å². The number of carbonyl (C=O) groups excluding carboxylic acids is 4. The van der Waals surface area contributed by atoms with E-state index in [4.69, 9.17) is 5.73 Å². The molecule has 1 fully saturated rings. The van der Waals surface area contributed by atoms with Crippen LogP contribution in [0.2, 0.25) is 0 Å². The van der Waals surface area contributed by atoms with E-state index >= 15 is 0 Å². The summed E-state index contributed by atoms with van der Waals surface area (Å²) in [6, 6.07) is 10.4. The Kier molecular flexibility index (Phi) is 7.08. The minimum absolute atomic E-state index is 0.0550. The standard InChI is InChI=1S/C31H32N2O9/c1-13-16-11-9-15(10-12-17(34)14-7-5-4-6-8-14)24(35)19(16)25(36)20-18(13)26(37)22-23(33(2)3)27(38)21(30(32)41)29(40)31(22,42)28(20)39/h4-9,11,13,18,22-23,26,35-37,40,42H,10,12H2,1-3H3,(H2,32,41)/t13-,18+,22+,23-,26-,31-/m0/s1. The van der Waals surface area contributed by atoms with E-state index in [1.807, 2.05) is 0 Å². The lowest BCUT2D eigenvalue weighted by molar-refractivity contribution is -0.169. The van der Waals surface area contributed by atoms with Gasteiger partial charge in [-0.25, -0.2) is 0 Å². The minimum atomic E-state index is -2.97. The van der Waals surface area contributed by atoms with Crippen LogP contribution in [-0.2, 0) is 20.8 Å². The van der Waals surface area contributed by atoms with Crippen molar-refractivity contribution in [3.8, 4) is 5.75 Å². The van der Waals surface area contributed by atoms with Crippen LogP contribution in [0.3, 0.4) is 0 Å². The van der Waals surface area contributed by atoms with E-state index in [0.717, 1.165) is 0 Å². The van der Waals surface area contributed by atoms with Gasteiger partial charge in [0.15, 0.2) is 17.2 Å². The third kappa shape index (κ3) is 3.99. The summed E-state index contributed by atoms with van der Waals surface area (Å²) in [4.78, 5) is 53.4. The number of fused-ring (bicyclic) bond motifs is 3. The highest BCUT2D eigenvalue weighted by Crippen LogP contribution is 2.56. The highest BCUT2D eigenvalue weighted by atomic mass is 16.4. The zero-order valence-corrected chi connectivity index (χ0v) is 23.2. The normalized spacial score (nSPS) is 28.9. The number of nitrogens with zero attached hydrogens (tertiary/aromatic N) is 1. The molecule has 11 nitrogen and oxygen atoms in total. The van der Waals surface area contributed by atoms with Crippen LogP contribution in [0, 0.1) is 11.8 Å². The average molecular weight is 577 g/mol. The van der Waals surface area contributed by atoms with Crippen LogP contribution in [0.5, 0.6) is 5.75 Å². The lowest BCUT2D eigenvalue weighted by Gasteiger charge is -2.53. The average Bonchev–Trinajstić information content (AvgIpc) is 2.94. The number of aliphatic hydroxyl groups is 4. The fourth-order valence-corrected chi connectivity index (χ4v) is 6.88. The van der Waals surface area contributed by atoms with E-state index in [1.165, 1.54) is 19.0 Å². The number of rotatable bonds is 6. The smallest absolute Gasteiger partial charge is 0.255 e. The number of likely N-dealkylation sites (N-methyl/N-ethyl adjacent to an activating group) is 1. The molecule has 2 aromatic rings. The number of amides is 1. The second-order valence-corrected chi connectivity index (χ2v) is 11.4. The number of carbonyl (C=O) groups is 4. The maximum Gasteiger partial charge on any atom is 0.255 e. The van der Waals surface area contributed by atoms with Gasteiger partial charge in [0.25, 0.3) is 5.91 Å². The summed E-state index contributed by atoms with van der Waals surface area (Å²) in [7, 11) is 2.90. The number of phenols is 1. The van der Waals surface area contributed by atoms with E-state index in [-0.39, 0.29) is 29.9 Å². The number of ketones is 3. The largest absolute Gasteiger partial charge is 0.508 e. The second kappa shape index (κ2) is 10.2. The molecule has 0 aromatic heterocycles. The highest BCUT2D eigenvalue weighted by Gasteiger charge is 2.68. The van der Waals surface area contributed by atoms with Crippen molar-refractivity contribution in [2.24, 2.45) is 17.6 Å². The van der Waals surface area contributed by atoms with Gasteiger partial charge in [0.05, 0.1) is 23.6 Å². The van der Waals surface area contributed by atoms with Crippen molar-refractivity contribution in [1.29, 1.82) is 0 Å². The number of hydrogen-bond acceptors (Lipinski definition) is 10. The van der Waals surface area contributed by atoms with Crippen molar-refractivity contribution >= 4 is 29.0 Å². The number of phenolic OH excluding ortho intramolecular Hbond substituents is 1. The Bertz CT molecular complexity index is 1590. The Labute approximate surface area is 241 Å². The molecule has 0 saturated heterocycles. The molecule has 220 valence electrons. The van der Waals surface area contributed by atoms with Crippen LogP contribution in [0.1, 0.15) is 46.3 Å². The Morgan fingerprint density at radius 2 is 1.67 bits per heavy atom. The van der Waals surface area contributed by atoms with E-state index in [0.29, 0.717) is 16.7 Å². The molecule has 2 aromatic carbocycles. The van der Waals surface area contributed by atoms with Crippen molar-refractivity contribution in [3.05, 3.63) is 81.6 Å². The van der Waals surface area contributed by atoms with Gasteiger partial charge < -0.3 is 31.3 Å². The van der Waals surface area contributed by atoms with Crippen LogP contribution in [-0.4, -0.2) is 85.5 Å². The predicted molar refractivity (Wildman–Crippen MR) is 149 cm³/mol. The summed E-state index contributed by atoms with van der Waals surface area (Å²) in [5, 5.41) is 57.1. The predicted octanol–water partition coefficient (Wildman–Crippen LogP) is 1.31. The first-order valence-electron chi connectivity index (χ1n) is 13.5. The Balaban J connectivity index is 1.63. The summed E-state index contributed by atoms with van der Waals surface area (Å²) in [6.07, 6.45) is -1.49. The number of primary amides is 1. The van der Waals surface area contributed by atoms with Gasteiger partial charge >= 0.3 is 0 Å². The number of hydrogen-bond donors (Lipinski definition) is 6. The minimum Gasteiger partial charge on any atom is -0.508 e.